The highest BCUT2D eigenvalue weighted by molar-refractivity contribution is 6.53. The number of hydrogen-bond donors (Lipinski definition) is 1. The van der Waals surface area contributed by atoms with Crippen LogP contribution >= 0.6 is 0 Å². The molecule has 2 aromatic carbocycles. The summed E-state index contributed by atoms with van der Waals surface area (Å²) in [4.78, 5) is 50.3. The summed E-state index contributed by atoms with van der Waals surface area (Å²) in [6.07, 6.45) is 1.92. The minimum absolute atomic E-state index is 0.0548. The van der Waals surface area contributed by atoms with Crippen molar-refractivity contribution in [1.82, 2.24) is 0 Å². The number of rotatable bonds is 2. The second-order valence-corrected chi connectivity index (χ2v) is 9.63. The van der Waals surface area contributed by atoms with Gasteiger partial charge in [-0.2, -0.15) is 0 Å². The number of benzene rings is 2. The summed E-state index contributed by atoms with van der Waals surface area (Å²) >= 11 is 0. The van der Waals surface area contributed by atoms with E-state index >= 15 is 0 Å². The van der Waals surface area contributed by atoms with E-state index in [0.717, 1.165) is 24.0 Å². The molecule has 0 aromatic heterocycles. The first-order chi connectivity index (χ1) is 13.9. The van der Waals surface area contributed by atoms with E-state index in [-0.39, 0.29) is 27.5 Å². The third-order valence-corrected chi connectivity index (χ3v) is 6.74. The predicted molar refractivity (Wildman–Crippen MR) is 112 cm³/mol. The van der Waals surface area contributed by atoms with E-state index in [4.69, 9.17) is 5.11 Å². The lowest BCUT2D eigenvalue weighted by molar-refractivity contribution is -0.115. The van der Waals surface area contributed by atoms with Gasteiger partial charge < -0.3 is 5.11 Å². The van der Waals surface area contributed by atoms with Crippen LogP contribution in [-0.2, 0) is 15.6 Å². The Morgan fingerprint density at radius 3 is 1.83 bits per heavy atom. The molecule has 1 atom stereocenters. The number of carboxylic acid groups (broad SMARTS) is 1. The van der Waals surface area contributed by atoms with Crippen LogP contribution in [0.3, 0.4) is 0 Å². The number of carboxylic acids is 1. The van der Waals surface area contributed by atoms with Crippen molar-refractivity contribution >= 4 is 23.3 Å². The largest absolute Gasteiger partial charge is 0.478 e. The van der Waals surface area contributed by atoms with Crippen LogP contribution in [0, 0.1) is 0 Å². The molecule has 2 aromatic rings. The Bertz CT molecular complexity index is 1120. The van der Waals surface area contributed by atoms with Gasteiger partial charge in [-0.3, -0.25) is 14.4 Å². The number of ketones is 3. The number of fused-ring (bicyclic) bond motifs is 2. The average molecular weight is 404 g/mol. The van der Waals surface area contributed by atoms with Crippen molar-refractivity contribution in [3.63, 3.8) is 0 Å². The fourth-order valence-electron chi connectivity index (χ4n) is 4.66. The van der Waals surface area contributed by atoms with Crippen LogP contribution < -0.4 is 0 Å². The predicted octanol–water partition coefficient (Wildman–Crippen LogP) is 4.47. The molecule has 0 amide bonds. The summed E-state index contributed by atoms with van der Waals surface area (Å²) in [5, 5.41) is 9.08. The van der Waals surface area contributed by atoms with Crippen molar-refractivity contribution < 1.29 is 24.3 Å². The lowest BCUT2D eigenvalue weighted by Gasteiger charge is -2.42. The van der Waals surface area contributed by atoms with E-state index in [9.17, 15) is 19.2 Å². The van der Waals surface area contributed by atoms with Gasteiger partial charge in [0.1, 0.15) is 5.92 Å². The molecule has 30 heavy (non-hydrogen) atoms. The zero-order chi connectivity index (χ0) is 22.0. The zero-order valence-corrected chi connectivity index (χ0v) is 17.5. The maximum absolute atomic E-state index is 13.4. The summed E-state index contributed by atoms with van der Waals surface area (Å²) in [6.45, 7) is 8.51. The Hall–Kier alpha value is -3.08. The van der Waals surface area contributed by atoms with E-state index in [1.54, 1.807) is 6.07 Å². The van der Waals surface area contributed by atoms with Gasteiger partial charge in [-0.25, -0.2) is 4.79 Å². The Morgan fingerprint density at radius 2 is 1.33 bits per heavy atom. The third kappa shape index (κ3) is 2.92. The zero-order valence-electron chi connectivity index (χ0n) is 17.5. The van der Waals surface area contributed by atoms with Crippen molar-refractivity contribution in [3.8, 4) is 0 Å². The molecule has 0 radical (unpaired) electrons. The summed E-state index contributed by atoms with van der Waals surface area (Å²) in [6, 6.07) is 9.14. The van der Waals surface area contributed by atoms with Crippen LogP contribution in [-0.4, -0.2) is 28.4 Å². The second kappa shape index (κ2) is 6.46. The Morgan fingerprint density at radius 1 is 0.833 bits per heavy atom. The summed E-state index contributed by atoms with van der Waals surface area (Å²) < 4.78 is 0. The number of carbonyl (C=O) groups excluding carboxylic acids is 3. The molecule has 0 saturated carbocycles. The van der Waals surface area contributed by atoms with Gasteiger partial charge in [0.15, 0.2) is 5.78 Å². The van der Waals surface area contributed by atoms with Gasteiger partial charge in [0, 0.05) is 11.1 Å². The maximum Gasteiger partial charge on any atom is 0.335 e. The average Bonchev–Trinajstić information content (AvgIpc) is 2.69. The minimum Gasteiger partial charge on any atom is -0.478 e. The van der Waals surface area contributed by atoms with Crippen molar-refractivity contribution in [1.29, 1.82) is 0 Å². The first-order valence-electron chi connectivity index (χ1n) is 10.1. The normalized spacial score (nSPS) is 21.7. The van der Waals surface area contributed by atoms with Gasteiger partial charge in [0.05, 0.1) is 5.56 Å². The van der Waals surface area contributed by atoms with Gasteiger partial charge in [0.25, 0.3) is 0 Å². The molecular formula is C25H24O5. The van der Waals surface area contributed by atoms with Gasteiger partial charge >= 0.3 is 5.97 Å². The quantitative estimate of drug-likeness (QED) is 0.589. The van der Waals surface area contributed by atoms with Crippen LogP contribution in [0.2, 0.25) is 0 Å². The summed E-state index contributed by atoms with van der Waals surface area (Å²) in [7, 11) is 0. The first kappa shape index (κ1) is 20.2. The first-order valence-corrected chi connectivity index (χ1v) is 10.1. The van der Waals surface area contributed by atoms with Crippen LogP contribution in [0.15, 0.2) is 36.4 Å². The maximum atomic E-state index is 13.4. The van der Waals surface area contributed by atoms with Crippen molar-refractivity contribution in [2.24, 2.45) is 0 Å². The van der Waals surface area contributed by atoms with E-state index in [1.165, 1.54) is 24.3 Å². The lowest BCUT2D eigenvalue weighted by Crippen LogP contribution is -2.39. The summed E-state index contributed by atoms with van der Waals surface area (Å²) in [5.74, 6) is -4.15. The molecule has 2 aliphatic rings. The highest BCUT2D eigenvalue weighted by atomic mass is 16.4. The van der Waals surface area contributed by atoms with E-state index in [1.807, 2.05) is 6.07 Å². The van der Waals surface area contributed by atoms with Crippen LogP contribution in [0.1, 0.15) is 94.2 Å². The molecule has 0 saturated heterocycles. The number of Topliss-reactive ketones (excluding diaryl/α,β-unsaturated/α-hetero) is 3. The molecule has 154 valence electrons. The lowest BCUT2D eigenvalue weighted by atomic mass is 9.61. The number of aromatic carboxylic acids is 1. The Kier molecular flexibility index (Phi) is 4.35. The Labute approximate surface area is 175 Å². The van der Waals surface area contributed by atoms with E-state index in [0.29, 0.717) is 5.56 Å². The topological polar surface area (TPSA) is 88.5 Å². The Balaban J connectivity index is 1.87. The standard InChI is InChI=1S/C25H24O5/c1-24(2)9-10-25(3,4)18-12-16-15(11-17(18)24)20(26)19(22(28)21(16)27)13-5-7-14(8-6-13)23(29)30/h5-8,11-12,19H,9-10H2,1-4H3,(H,29,30). The molecule has 4 rings (SSSR count). The number of hydrogen-bond acceptors (Lipinski definition) is 4. The molecule has 1 unspecified atom stereocenters. The minimum atomic E-state index is -1.23. The van der Waals surface area contributed by atoms with Crippen LogP contribution in [0.5, 0.6) is 0 Å². The van der Waals surface area contributed by atoms with E-state index in [2.05, 4.69) is 27.7 Å². The van der Waals surface area contributed by atoms with Gasteiger partial charge in [-0.15, -0.1) is 0 Å². The molecule has 0 aliphatic heterocycles. The summed E-state index contributed by atoms with van der Waals surface area (Å²) in [5.41, 5.74) is 2.66. The molecule has 2 aliphatic carbocycles. The second-order valence-electron chi connectivity index (χ2n) is 9.63. The van der Waals surface area contributed by atoms with Crippen LogP contribution in [0.25, 0.3) is 0 Å². The molecule has 0 bridgehead atoms. The SMILES string of the molecule is CC1(C)CCC(C)(C)c2cc3c(cc21)C(=O)C(=O)C(c1ccc(C(=O)O)cc1)C3=O. The van der Waals surface area contributed by atoms with Crippen molar-refractivity contribution in [3.05, 3.63) is 69.8 Å². The molecule has 5 heteroatoms. The fraction of sp³-hybridized carbons (Fsp3) is 0.360. The molecule has 1 N–H and O–H groups in total. The highest BCUT2D eigenvalue weighted by Crippen LogP contribution is 2.47. The van der Waals surface area contributed by atoms with E-state index < -0.39 is 29.2 Å². The molecule has 5 nitrogen and oxygen atoms in total. The monoisotopic (exact) mass is 404 g/mol. The van der Waals surface area contributed by atoms with Crippen molar-refractivity contribution in [2.45, 2.75) is 57.3 Å². The van der Waals surface area contributed by atoms with Gasteiger partial charge in [0.2, 0.25) is 11.6 Å². The molecule has 0 fully saturated rings. The van der Waals surface area contributed by atoms with Crippen molar-refractivity contribution in [2.75, 3.05) is 0 Å². The van der Waals surface area contributed by atoms with Crippen LogP contribution in [0.4, 0.5) is 0 Å². The third-order valence-electron chi connectivity index (χ3n) is 6.74. The smallest absolute Gasteiger partial charge is 0.335 e. The molecular weight excluding hydrogens is 380 g/mol. The van der Waals surface area contributed by atoms with Gasteiger partial charge in [-0.1, -0.05) is 39.8 Å². The number of carbonyl (C=O) groups is 4. The molecule has 0 heterocycles. The molecule has 0 spiro atoms. The highest BCUT2D eigenvalue weighted by Gasteiger charge is 2.45. The van der Waals surface area contributed by atoms with Gasteiger partial charge in [-0.05, 0) is 64.6 Å². The fourth-order valence-corrected chi connectivity index (χ4v) is 4.66.